The van der Waals surface area contributed by atoms with Gasteiger partial charge in [0, 0.05) is 25.1 Å². The molecule has 0 aliphatic carbocycles. The van der Waals surface area contributed by atoms with Crippen molar-refractivity contribution in [3.8, 4) is 17.3 Å². The fourth-order valence-corrected chi connectivity index (χ4v) is 3.53. The maximum atomic E-state index is 6.14. The molecule has 0 unspecified atom stereocenters. The van der Waals surface area contributed by atoms with Crippen molar-refractivity contribution in [2.75, 3.05) is 39.1 Å². The fraction of sp³-hybridized carbons (Fsp3) is 0.450. The van der Waals surface area contributed by atoms with Crippen LogP contribution in [0, 0.1) is 0 Å². The van der Waals surface area contributed by atoms with Crippen LogP contribution >= 0.6 is 0 Å². The summed E-state index contributed by atoms with van der Waals surface area (Å²) in [6.07, 6.45) is 3.65. The number of nitrogen functional groups attached to an aromatic ring is 1. The monoisotopic (exact) mass is 382 g/mol. The molecule has 148 valence electrons. The number of hydrogen-bond acceptors (Lipinski definition) is 7. The number of aromatic amines is 1. The van der Waals surface area contributed by atoms with Gasteiger partial charge < -0.3 is 20.1 Å². The Morgan fingerprint density at radius 3 is 2.86 bits per heavy atom. The maximum Gasteiger partial charge on any atom is 0.182 e. The topological polar surface area (TPSA) is 102 Å². The molecule has 2 aromatic heterocycles. The first-order valence-electron chi connectivity index (χ1n) is 9.69. The molecular weight excluding hydrogens is 356 g/mol. The first-order chi connectivity index (χ1) is 13.7. The van der Waals surface area contributed by atoms with Crippen molar-refractivity contribution in [3.05, 3.63) is 30.0 Å². The Labute approximate surface area is 164 Å². The number of anilines is 1. The predicted molar refractivity (Wildman–Crippen MR) is 108 cm³/mol. The zero-order chi connectivity index (χ0) is 19.3. The number of aromatic nitrogens is 4. The summed E-state index contributed by atoms with van der Waals surface area (Å²) < 4.78 is 11.0. The number of benzene rings is 1. The number of nitrogens with two attached hydrogens (primary N) is 1. The second kappa shape index (κ2) is 8.53. The first-order valence-corrected chi connectivity index (χ1v) is 9.69. The van der Waals surface area contributed by atoms with Gasteiger partial charge in [-0.15, -0.1) is 0 Å². The van der Waals surface area contributed by atoms with Gasteiger partial charge >= 0.3 is 0 Å². The van der Waals surface area contributed by atoms with Crippen LogP contribution in [0.3, 0.4) is 0 Å². The van der Waals surface area contributed by atoms with Crippen LogP contribution in [-0.4, -0.2) is 58.4 Å². The summed E-state index contributed by atoms with van der Waals surface area (Å²) in [5, 5.41) is 7.98. The van der Waals surface area contributed by atoms with Crippen molar-refractivity contribution in [3.63, 3.8) is 0 Å². The Kier molecular flexibility index (Phi) is 5.68. The van der Waals surface area contributed by atoms with Crippen molar-refractivity contribution in [1.82, 2.24) is 25.1 Å². The molecule has 1 aliphatic rings. The van der Waals surface area contributed by atoms with Gasteiger partial charge in [0.2, 0.25) is 0 Å². The summed E-state index contributed by atoms with van der Waals surface area (Å²) in [4.78, 5) is 11.5. The number of hydrogen-bond donors (Lipinski definition) is 2. The van der Waals surface area contributed by atoms with Gasteiger partial charge in [-0.05, 0) is 50.6 Å². The number of H-pyrrole nitrogens is 1. The van der Waals surface area contributed by atoms with Gasteiger partial charge in [-0.3, -0.25) is 5.10 Å². The molecule has 4 rings (SSSR count). The van der Waals surface area contributed by atoms with Gasteiger partial charge in [-0.25, -0.2) is 9.97 Å². The lowest BCUT2D eigenvalue weighted by atomic mass is 10.2. The van der Waals surface area contributed by atoms with E-state index < -0.39 is 0 Å². The lowest BCUT2D eigenvalue weighted by Crippen LogP contribution is -2.21. The molecule has 0 bridgehead atoms. The predicted octanol–water partition coefficient (Wildman–Crippen LogP) is 2.61. The van der Waals surface area contributed by atoms with E-state index in [1.807, 2.05) is 24.3 Å². The van der Waals surface area contributed by atoms with Crippen molar-refractivity contribution in [2.45, 2.75) is 25.9 Å². The van der Waals surface area contributed by atoms with Gasteiger partial charge in [0.15, 0.2) is 5.82 Å². The van der Waals surface area contributed by atoms with E-state index in [0.717, 1.165) is 35.3 Å². The summed E-state index contributed by atoms with van der Waals surface area (Å²) in [5.74, 6) is 1.70. The van der Waals surface area contributed by atoms with E-state index in [1.54, 1.807) is 7.11 Å². The Hall–Kier alpha value is -2.71. The van der Waals surface area contributed by atoms with E-state index in [1.165, 1.54) is 25.9 Å². The van der Waals surface area contributed by atoms with Crippen LogP contribution in [0.4, 0.5) is 5.82 Å². The molecule has 8 heteroatoms. The molecular formula is C20H26N6O2. The molecule has 0 atom stereocenters. The Morgan fingerprint density at radius 1 is 1.18 bits per heavy atom. The van der Waals surface area contributed by atoms with Gasteiger partial charge in [0.25, 0.3) is 0 Å². The number of methoxy groups -OCH3 is 1. The Balaban J connectivity index is 1.47. The third kappa shape index (κ3) is 4.23. The van der Waals surface area contributed by atoms with E-state index in [4.69, 9.17) is 15.2 Å². The van der Waals surface area contributed by atoms with Crippen LogP contribution in [0.15, 0.2) is 24.3 Å². The zero-order valence-corrected chi connectivity index (χ0v) is 16.1. The van der Waals surface area contributed by atoms with Crippen LogP contribution in [0.5, 0.6) is 5.75 Å². The normalized spacial score (nSPS) is 14.8. The molecule has 3 heterocycles. The van der Waals surface area contributed by atoms with Crippen LogP contribution in [0.25, 0.3) is 22.4 Å². The van der Waals surface area contributed by atoms with Crippen molar-refractivity contribution < 1.29 is 9.47 Å². The second-order valence-corrected chi connectivity index (χ2v) is 7.07. The SMILES string of the molecule is COCc1cc(-c2nc(N)c3ccc(OCCCN4CCCC4)cc3n2)n[nH]1. The number of ether oxygens (including phenoxy) is 2. The van der Waals surface area contributed by atoms with E-state index in [2.05, 4.69) is 25.1 Å². The van der Waals surface area contributed by atoms with Crippen molar-refractivity contribution in [2.24, 2.45) is 0 Å². The lowest BCUT2D eigenvalue weighted by Gasteiger charge is -2.14. The second-order valence-electron chi connectivity index (χ2n) is 7.07. The van der Waals surface area contributed by atoms with Crippen LogP contribution < -0.4 is 10.5 Å². The minimum absolute atomic E-state index is 0.428. The van der Waals surface area contributed by atoms with Crippen LogP contribution in [0.2, 0.25) is 0 Å². The summed E-state index contributed by atoms with van der Waals surface area (Å²) in [7, 11) is 1.64. The average molecular weight is 382 g/mol. The van der Waals surface area contributed by atoms with E-state index in [-0.39, 0.29) is 0 Å². The highest BCUT2D eigenvalue weighted by atomic mass is 16.5. The van der Waals surface area contributed by atoms with Gasteiger partial charge in [0.1, 0.15) is 17.3 Å². The lowest BCUT2D eigenvalue weighted by molar-refractivity contribution is 0.181. The van der Waals surface area contributed by atoms with Crippen LogP contribution in [-0.2, 0) is 11.3 Å². The number of nitrogens with one attached hydrogen (secondary N) is 1. The highest BCUT2D eigenvalue weighted by Gasteiger charge is 2.13. The molecule has 8 nitrogen and oxygen atoms in total. The largest absolute Gasteiger partial charge is 0.493 e. The Bertz CT molecular complexity index is 936. The number of likely N-dealkylation sites (tertiary alicyclic amines) is 1. The number of rotatable bonds is 8. The highest BCUT2D eigenvalue weighted by Crippen LogP contribution is 2.26. The molecule has 1 saturated heterocycles. The minimum Gasteiger partial charge on any atom is -0.493 e. The molecule has 1 fully saturated rings. The zero-order valence-electron chi connectivity index (χ0n) is 16.1. The minimum atomic E-state index is 0.428. The van der Waals surface area contributed by atoms with Gasteiger partial charge in [-0.2, -0.15) is 5.10 Å². The molecule has 1 aromatic carbocycles. The van der Waals surface area contributed by atoms with Crippen molar-refractivity contribution in [1.29, 1.82) is 0 Å². The summed E-state index contributed by atoms with van der Waals surface area (Å²) in [6, 6.07) is 7.60. The van der Waals surface area contributed by atoms with Crippen molar-refractivity contribution >= 4 is 16.7 Å². The number of fused-ring (bicyclic) bond motifs is 1. The van der Waals surface area contributed by atoms with E-state index >= 15 is 0 Å². The van der Waals surface area contributed by atoms with E-state index in [9.17, 15) is 0 Å². The molecule has 0 saturated carbocycles. The average Bonchev–Trinajstić information content (AvgIpc) is 3.37. The molecule has 1 aliphatic heterocycles. The summed E-state index contributed by atoms with van der Waals surface area (Å²) in [5.41, 5.74) is 8.38. The first kappa shape index (κ1) is 18.6. The molecule has 0 amide bonds. The standard InChI is InChI=1S/C20H26N6O2/c1-27-13-14-11-18(25-24-14)20-22-17-12-15(5-6-16(17)19(21)23-20)28-10-4-9-26-7-2-3-8-26/h5-6,11-12H,2-4,7-10,13H2,1H3,(H,24,25)(H2,21,22,23). The molecule has 28 heavy (non-hydrogen) atoms. The smallest absolute Gasteiger partial charge is 0.182 e. The summed E-state index contributed by atoms with van der Waals surface area (Å²) in [6.45, 7) is 4.67. The fourth-order valence-electron chi connectivity index (χ4n) is 3.53. The van der Waals surface area contributed by atoms with Crippen LogP contribution in [0.1, 0.15) is 25.0 Å². The molecule has 0 radical (unpaired) electrons. The van der Waals surface area contributed by atoms with E-state index in [0.29, 0.717) is 30.5 Å². The third-order valence-electron chi connectivity index (χ3n) is 4.94. The number of nitrogens with zero attached hydrogens (tertiary/aromatic N) is 4. The Morgan fingerprint density at radius 2 is 2.04 bits per heavy atom. The molecule has 3 N–H and O–H groups in total. The maximum absolute atomic E-state index is 6.14. The summed E-state index contributed by atoms with van der Waals surface area (Å²) >= 11 is 0. The highest BCUT2D eigenvalue weighted by molar-refractivity contribution is 5.90. The van der Waals surface area contributed by atoms with Gasteiger partial charge in [-0.1, -0.05) is 0 Å². The quantitative estimate of drug-likeness (QED) is 0.577. The molecule has 3 aromatic rings. The molecule has 0 spiro atoms. The van der Waals surface area contributed by atoms with Gasteiger partial charge in [0.05, 0.1) is 24.4 Å². The third-order valence-corrected chi connectivity index (χ3v) is 4.94.